The van der Waals surface area contributed by atoms with E-state index in [4.69, 9.17) is 39.3 Å². The lowest BCUT2D eigenvalue weighted by molar-refractivity contribution is -0.687. The number of amidine groups is 1. The lowest BCUT2D eigenvalue weighted by atomic mass is 10.0. The normalized spacial score (nSPS) is 16.1. The van der Waals surface area contributed by atoms with E-state index in [0.717, 1.165) is 22.2 Å². The van der Waals surface area contributed by atoms with Crippen LogP contribution >= 0.6 is 23.1 Å². The first-order chi connectivity index (χ1) is 32.5. The van der Waals surface area contributed by atoms with Gasteiger partial charge in [0.15, 0.2) is 29.8 Å². The Bertz CT molecular complexity index is 2880. The Balaban J connectivity index is 0.00000804. The SMILES string of the molecule is COc1ccc(COC(=O)C2=C(C[n+]3ccc4c(ccn4Cc4cc(C(=N)NC(=O)OC(C)(C)C)co4)c3)CS[C@@H]3[C@H](NC(=O)/C(=N\OC(C)(C)C(=O)OC(C)(C)C)c4csc(N)n4)C(=O)N23)cc1.[I-]. The van der Waals surface area contributed by atoms with E-state index in [9.17, 15) is 24.0 Å². The van der Waals surface area contributed by atoms with Gasteiger partial charge in [0.05, 0.1) is 30.1 Å². The summed E-state index contributed by atoms with van der Waals surface area (Å²) in [6.45, 7) is 13.7. The van der Waals surface area contributed by atoms with E-state index >= 15 is 0 Å². The van der Waals surface area contributed by atoms with Crippen LogP contribution in [0, 0.1) is 5.41 Å². The second-order valence-corrected chi connectivity index (χ2v) is 20.6. The number of thiazole rings is 1. The standard InChI is InChI=1S/C47H53N9O11S2.HI/c1-45(2,3)65-42(60)47(7,8)67-53-34(32-25-69-43(49)50-32)38(57)51-35-39(58)56-36(41(59)64-22-26-10-12-30(62-9)13-11-26)29(24-68-40(35)56)20-54-16-15-33-27(19-54)14-17-55(33)21-31-18-28(23-63-31)37(48)52-44(61)66-46(4,5)6;/h10-19,23,25,35,40H,20-22,24H2,1-9H3,(H4-,48,49,50,51,52,57,61);1H/b53-34-;/t35-,40-;/m1./s1. The van der Waals surface area contributed by atoms with Crippen LogP contribution in [0.25, 0.3) is 10.9 Å². The number of aromatic nitrogens is 3. The lowest BCUT2D eigenvalue weighted by Crippen LogP contribution is -3.00. The number of nitrogens with two attached hydrogens (primary N) is 1. The number of fused-ring (bicyclic) bond motifs is 2. The highest BCUT2D eigenvalue weighted by molar-refractivity contribution is 8.00. The number of amides is 3. The largest absolute Gasteiger partial charge is 1.00 e. The van der Waals surface area contributed by atoms with Gasteiger partial charge >= 0.3 is 18.0 Å². The molecule has 23 heteroatoms. The van der Waals surface area contributed by atoms with Crippen molar-refractivity contribution in [1.29, 1.82) is 5.41 Å². The van der Waals surface area contributed by atoms with E-state index in [1.54, 1.807) is 79.0 Å². The van der Waals surface area contributed by atoms with Crippen LogP contribution in [0.3, 0.4) is 0 Å². The Morgan fingerprint density at radius 3 is 2.40 bits per heavy atom. The van der Waals surface area contributed by atoms with Crippen molar-refractivity contribution in [2.24, 2.45) is 5.16 Å². The number of furan rings is 1. The second kappa shape index (κ2) is 21.3. The number of carbonyl (C=O) groups is 5. The Morgan fingerprint density at radius 2 is 1.74 bits per heavy atom. The minimum absolute atomic E-state index is 0. The number of alkyl carbamates (subject to hydrolysis) is 1. The minimum atomic E-state index is -1.61. The van der Waals surface area contributed by atoms with Gasteiger partial charge in [-0.2, -0.15) is 0 Å². The molecule has 1 aromatic carbocycles. The number of oxime groups is 1. The van der Waals surface area contributed by atoms with E-state index in [1.165, 1.54) is 42.2 Å². The van der Waals surface area contributed by atoms with Crippen molar-refractivity contribution in [3.05, 3.63) is 107 Å². The number of nitrogens with one attached hydrogen (secondary N) is 3. The lowest BCUT2D eigenvalue weighted by Gasteiger charge is -2.49. The van der Waals surface area contributed by atoms with E-state index in [2.05, 4.69) is 20.8 Å². The van der Waals surface area contributed by atoms with Gasteiger partial charge in [-0.15, -0.1) is 23.1 Å². The molecular formula is C47H54IN9O11S2. The third-order valence-corrected chi connectivity index (χ3v) is 12.3. The van der Waals surface area contributed by atoms with Crippen molar-refractivity contribution in [2.45, 2.75) is 103 Å². The number of rotatable bonds is 15. The van der Waals surface area contributed by atoms with Crippen molar-refractivity contribution in [3.63, 3.8) is 0 Å². The number of anilines is 1. The highest BCUT2D eigenvalue weighted by Gasteiger charge is 2.55. The molecule has 2 atom stereocenters. The first-order valence-corrected chi connectivity index (χ1v) is 23.5. The van der Waals surface area contributed by atoms with Crippen LogP contribution in [0.1, 0.15) is 78.0 Å². The van der Waals surface area contributed by atoms with Gasteiger partial charge in [-0.25, -0.2) is 23.9 Å². The molecule has 372 valence electrons. The first-order valence-electron chi connectivity index (χ1n) is 21.6. The number of nitrogens with zero attached hydrogens (tertiary/aromatic N) is 5. The number of carbonyl (C=O) groups excluding carboxylic acids is 5. The van der Waals surface area contributed by atoms with Crippen molar-refractivity contribution in [1.82, 2.24) is 25.1 Å². The van der Waals surface area contributed by atoms with E-state index in [1.807, 2.05) is 39.9 Å². The molecule has 70 heavy (non-hydrogen) atoms. The molecule has 0 saturated carbocycles. The smallest absolute Gasteiger partial charge is 0.413 e. The zero-order valence-electron chi connectivity index (χ0n) is 39.9. The third-order valence-electron chi connectivity index (χ3n) is 10.3. The minimum Gasteiger partial charge on any atom is -1.00 e. The maximum atomic E-state index is 14.2. The number of β-lactam (4-membered cyclic amide) rings is 1. The maximum Gasteiger partial charge on any atom is 0.413 e. The molecule has 5 N–H and O–H groups in total. The average molecular weight is 1110 g/mol. The number of halogens is 1. The monoisotopic (exact) mass is 1110 g/mol. The molecule has 1 saturated heterocycles. The first kappa shape index (κ1) is 52.9. The molecule has 4 aromatic heterocycles. The van der Waals surface area contributed by atoms with Gasteiger partial charge in [-0.1, -0.05) is 17.3 Å². The molecule has 3 amide bonds. The third kappa shape index (κ3) is 12.6. The molecule has 0 spiro atoms. The van der Waals surface area contributed by atoms with Gasteiger partial charge < -0.3 is 67.8 Å². The number of esters is 2. The van der Waals surface area contributed by atoms with Crippen LogP contribution in [-0.4, -0.2) is 96.9 Å². The van der Waals surface area contributed by atoms with Crippen LogP contribution in [0.4, 0.5) is 9.93 Å². The zero-order valence-corrected chi connectivity index (χ0v) is 43.7. The fraction of sp³-hybridized carbons (Fsp3) is 0.383. The second-order valence-electron chi connectivity index (χ2n) is 18.6. The number of hydrogen-bond donors (Lipinski definition) is 4. The van der Waals surface area contributed by atoms with Gasteiger partial charge in [-0.05, 0) is 85.2 Å². The van der Waals surface area contributed by atoms with Gasteiger partial charge in [0, 0.05) is 29.0 Å². The van der Waals surface area contributed by atoms with E-state index < -0.39 is 58.1 Å². The number of ether oxygens (including phenoxy) is 4. The number of benzene rings is 1. The maximum absolute atomic E-state index is 14.2. The molecule has 0 radical (unpaired) electrons. The Morgan fingerprint density at radius 1 is 1.03 bits per heavy atom. The van der Waals surface area contributed by atoms with Gasteiger partial charge in [0.1, 0.15) is 64.2 Å². The van der Waals surface area contributed by atoms with Gasteiger partial charge in [-0.3, -0.25) is 25.2 Å². The molecule has 1 fully saturated rings. The fourth-order valence-electron chi connectivity index (χ4n) is 7.03. The number of nitrogen functional groups attached to an aromatic ring is 1. The molecule has 0 bridgehead atoms. The van der Waals surface area contributed by atoms with Crippen molar-refractivity contribution in [3.8, 4) is 5.75 Å². The summed E-state index contributed by atoms with van der Waals surface area (Å²) in [5.41, 5.74) is 5.11. The van der Waals surface area contributed by atoms with Crippen LogP contribution in [0.2, 0.25) is 0 Å². The highest BCUT2D eigenvalue weighted by atomic mass is 127. The quantitative estimate of drug-likeness (QED) is 0.0172. The number of pyridine rings is 1. The summed E-state index contributed by atoms with van der Waals surface area (Å²) in [5.74, 6) is -1.50. The van der Waals surface area contributed by atoms with Crippen molar-refractivity contribution < 1.29 is 80.7 Å². The molecular weight excluding hydrogens is 1060 g/mol. The fourth-order valence-corrected chi connectivity index (χ4v) is 8.91. The van der Waals surface area contributed by atoms with Crippen molar-refractivity contribution in [2.75, 3.05) is 18.6 Å². The van der Waals surface area contributed by atoms with Crippen LogP contribution in [0.5, 0.6) is 5.75 Å². The summed E-state index contributed by atoms with van der Waals surface area (Å²) in [7, 11) is 1.55. The zero-order chi connectivity index (χ0) is 50.0. The van der Waals surface area contributed by atoms with E-state index in [0.29, 0.717) is 40.5 Å². The molecule has 5 aromatic rings. The Labute approximate surface area is 428 Å². The molecule has 0 aliphatic carbocycles. The number of hydrogen-bond acceptors (Lipinski definition) is 17. The van der Waals surface area contributed by atoms with Crippen LogP contribution < -0.4 is 49.6 Å². The Kier molecular flexibility index (Phi) is 16.1. The molecule has 2 aliphatic rings. The molecule has 20 nitrogen and oxygen atoms in total. The van der Waals surface area contributed by atoms with Gasteiger partial charge in [0.2, 0.25) is 5.60 Å². The van der Waals surface area contributed by atoms with Crippen LogP contribution in [0.15, 0.2) is 93.5 Å². The summed E-state index contributed by atoms with van der Waals surface area (Å²) in [6, 6.07) is 11.5. The highest BCUT2D eigenvalue weighted by Crippen LogP contribution is 2.41. The predicted molar refractivity (Wildman–Crippen MR) is 255 cm³/mol. The predicted octanol–water partition coefficient (Wildman–Crippen LogP) is 2.41. The molecule has 2 aliphatic heterocycles. The topological polar surface area (TPSA) is 256 Å². The van der Waals surface area contributed by atoms with Crippen molar-refractivity contribution >= 4 is 80.5 Å². The molecule has 6 heterocycles. The molecule has 0 unspecified atom stereocenters. The Hall–Kier alpha value is -6.47. The molecule has 7 rings (SSSR count). The summed E-state index contributed by atoms with van der Waals surface area (Å²) in [4.78, 5) is 78.6. The summed E-state index contributed by atoms with van der Waals surface area (Å²) in [6.07, 6.45) is 6.32. The summed E-state index contributed by atoms with van der Waals surface area (Å²) < 4.78 is 31.4. The van der Waals surface area contributed by atoms with Crippen LogP contribution in [-0.2, 0) is 57.9 Å². The summed E-state index contributed by atoms with van der Waals surface area (Å²) in [5, 5.41) is 19.3. The van der Waals surface area contributed by atoms with E-state index in [-0.39, 0.29) is 65.2 Å². The van der Waals surface area contributed by atoms with Gasteiger partial charge in [0.25, 0.3) is 11.8 Å². The number of thioether (sulfide) groups is 1. The summed E-state index contributed by atoms with van der Waals surface area (Å²) >= 11 is 2.42. The average Bonchev–Trinajstić information content (AvgIpc) is 4.04. The number of methoxy groups -OCH3 is 1.